The predicted octanol–water partition coefficient (Wildman–Crippen LogP) is 3.55. The number of nitrogens with zero attached hydrogens (tertiary/aromatic N) is 1. The molecule has 1 saturated heterocycles. The van der Waals surface area contributed by atoms with Gasteiger partial charge in [0.1, 0.15) is 0 Å². The van der Waals surface area contributed by atoms with Crippen LogP contribution in [0.25, 0.3) is 0 Å². The van der Waals surface area contributed by atoms with Crippen LogP contribution in [0.2, 0.25) is 0 Å². The van der Waals surface area contributed by atoms with Gasteiger partial charge in [0.05, 0.1) is 0 Å². The Morgan fingerprint density at radius 2 is 1.87 bits per heavy atom. The number of hydrogen-bond acceptors (Lipinski definition) is 1. The Balaban J connectivity index is 2.31. The molecule has 0 unspecified atom stereocenters. The highest BCUT2D eigenvalue weighted by Crippen LogP contribution is 2.10. The summed E-state index contributed by atoms with van der Waals surface area (Å²) in [7, 11) is 0. The van der Waals surface area contributed by atoms with Crippen LogP contribution >= 0.6 is 0 Å². The van der Waals surface area contributed by atoms with Gasteiger partial charge in [-0.2, -0.15) is 0 Å². The molecule has 84 valence electrons. The number of rotatable bonds is 4. The first kappa shape index (κ1) is 12.3. The Hall–Kier alpha value is -0.820. The van der Waals surface area contributed by atoms with E-state index < -0.39 is 0 Å². The quantitative estimate of drug-likeness (QED) is 0.634. The van der Waals surface area contributed by atoms with Crippen molar-refractivity contribution >= 4 is 0 Å². The summed E-state index contributed by atoms with van der Waals surface area (Å²) in [6.45, 7) is 11.8. The minimum atomic E-state index is 1.04. The van der Waals surface area contributed by atoms with E-state index in [1.807, 2.05) is 0 Å². The molecule has 1 aliphatic rings. The predicted molar refractivity (Wildman–Crippen MR) is 68.0 cm³/mol. The van der Waals surface area contributed by atoms with Crippen LogP contribution in [-0.2, 0) is 0 Å². The van der Waals surface area contributed by atoms with Crippen LogP contribution in [0, 0.1) is 0 Å². The minimum absolute atomic E-state index is 1.04. The van der Waals surface area contributed by atoms with Gasteiger partial charge in [0.2, 0.25) is 0 Å². The topological polar surface area (TPSA) is 3.24 Å². The summed E-state index contributed by atoms with van der Waals surface area (Å²) in [5, 5.41) is 0. The van der Waals surface area contributed by atoms with Gasteiger partial charge in [-0.05, 0) is 45.4 Å². The van der Waals surface area contributed by atoms with E-state index in [1.165, 1.54) is 43.5 Å². The molecule has 1 fully saturated rings. The smallest absolute Gasteiger partial charge is 0.0227 e. The molecule has 0 bridgehead atoms. The van der Waals surface area contributed by atoms with Crippen LogP contribution in [0.5, 0.6) is 0 Å². The lowest BCUT2D eigenvalue weighted by Crippen LogP contribution is -2.31. The number of hydrogen-bond donors (Lipinski definition) is 0. The fourth-order valence-electron chi connectivity index (χ4n) is 1.80. The van der Waals surface area contributed by atoms with Crippen molar-refractivity contribution in [2.75, 3.05) is 19.6 Å². The maximum atomic E-state index is 4.10. The lowest BCUT2D eigenvalue weighted by Gasteiger charge is -2.26. The zero-order valence-corrected chi connectivity index (χ0v) is 10.1. The molecule has 0 N–H and O–H groups in total. The van der Waals surface area contributed by atoms with Crippen molar-refractivity contribution < 1.29 is 0 Å². The minimum Gasteiger partial charge on any atom is -0.299 e. The van der Waals surface area contributed by atoms with Crippen LogP contribution in [0.4, 0.5) is 0 Å². The highest BCUT2D eigenvalue weighted by Gasteiger charge is 2.09. The fourth-order valence-corrected chi connectivity index (χ4v) is 1.80. The monoisotopic (exact) mass is 205 g/mol. The van der Waals surface area contributed by atoms with Gasteiger partial charge < -0.3 is 0 Å². The molecule has 1 aliphatic heterocycles. The summed E-state index contributed by atoms with van der Waals surface area (Å²) in [6, 6.07) is 0. The van der Waals surface area contributed by atoms with E-state index >= 15 is 0 Å². The molecular weight excluding hydrogens is 182 g/mol. The molecule has 0 saturated carbocycles. The summed E-state index contributed by atoms with van der Waals surface area (Å²) < 4.78 is 0. The Labute approximate surface area is 94.2 Å². The van der Waals surface area contributed by atoms with E-state index in [2.05, 4.69) is 43.6 Å². The summed E-state index contributed by atoms with van der Waals surface area (Å²) in [5.41, 5.74) is 2.52. The maximum Gasteiger partial charge on any atom is 0.0227 e. The van der Waals surface area contributed by atoms with Crippen LogP contribution < -0.4 is 0 Å². The molecular formula is C14H23N. The average Bonchev–Trinajstić information content (AvgIpc) is 2.27. The molecule has 0 radical (unpaired) electrons. The SMILES string of the molecule is C=C(/C=C\C(C)=C/C)CN1CCCCC1. The van der Waals surface area contributed by atoms with Gasteiger partial charge in [0.25, 0.3) is 0 Å². The first-order chi connectivity index (χ1) is 7.22. The first-order valence-electron chi connectivity index (χ1n) is 5.93. The van der Waals surface area contributed by atoms with Crippen molar-refractivity contribution in [2.45, 2.75) is 33.1 Å². The second-order valence-corrected chi connectivity index (χ2v) is 4.36. The van der Waals surface area contributed by atoms with Gasteiger partial charge in [-0.1, -0.05) is 36.8 Å². The van der Waals surface area contributed by atoms with Gasteiger partial charge in [-0.3, -0.25) is 4.90 Å². The lowest BCUT2D eigenvalue weighted by molar-refractivity contribution is 0.248. The standard InChI is InChI=1S/C14H23N/c1-4-13(2)8-9-14(3)12-15-10-6-5-7-11-15/h4,8-9H,3,5-7,10-12H2,1-2H3/b9-8-,13-4-. The van der Waals surface area contributed by atoms with Gasteiger partial charge in [0.15, 0.2) is 0 Å². The highest BCUT2D eigenvalue weighted by atomic mass is 15.1. The zero-order valence-electron chi connectivity index (χ0n) is 10.1. The molecule has 0 amide bonds. The molecule has 0 aromatic heterocycles. The third kappa shape index (κ3) is 4.98. The number of likely N-dealkylation sites (tertiary alicyclic amines) is 1. The van der Waals surface area contributed by atoms with E-state index in [-0.39, 0.29) is 0 Å². The molecule has 0 spiro atoms. The van der Waals surface area contributed by atoms with Crippen LogP contribution in [-0.4, -0.2) is 24.5 Å². The Morgan fingerprint density at radius 3 is 2.47 bits per heavy atom. The first-order valence-corrected chi connectivity index (χ1v) is 5.93. The van der Waals surface area contributed by atoms with Crippen molar-refractivity contribution in [3.05, 3.63) is 36.0 Å². The normalized spacial score (nSPS) is 19.7. The Kier molecular flexibility index (Phi) is 5.41. The summed E-state index contributed by atoms with van der Waals surface area (Å²) in [4.78, 5) is 2.50. The average molecular weight is 205 g/mol. The van der Waals surface area contributed by atoms with Crippen molar-refractivity contribution in [2.24, 2.45) is 0 Å². The van der Waals surface area contributed by atoms with Gasteiger partial charge >= 0.3 is 0 Å². The van der Waals surface area contributed by atoms with Crippen molar-refractivity contribution in [1.29, 1.82) is 0 Å². The summed E-state index contributed by atoms with van der Waals surface area (Å²) >= 11 is 0. The van der Waals surface area contributed by atoms with Crippen molar-refractivity contribution in [1.82, 2.24) is 4.90 Å². The second-order valence-electron chi connectivity index (χ2n) is 4.36. The molecule has 0 aromatic carbocycles. The fraction of sp³-hybridized carbons (Fsp3) is 0.571. The van der Waals surface area contributed by atoms with Crippen LogP contribution in [0.1, 0.15) is 33.1 Å². The number of piperidine rings is 1. The lowest BCUT2D eigenvalue weighted by atomic mass is 10.1. The van der Waals surface area contributed by atoms with Gasteiger partial charge in [-0.25, -0.2) is 0 Å². The van der Waals surface area contributed by atoms with Crippen molar-refractivity contribution in [3.8, 4) is 0 Å². The molecule has 15 heavy (non-hydrogen) atoms. The van der Waals surface area contributed by atoms with Crippen molar-refractivity contribution in [3.63, 3.8) is 0 Å². The molecule has 0 atom stereocenters. The van der Waals surface area contributed by atoms with Gasteiger partial charge in [-0.15, -0.1) is 0 Å². The third-order valence-corrected chi connectivity index (χ3v) is 2.91. The largest absolute Gasteiger partial charge is 0.299 e. The van der Waals surface area contributed by atoms with E-state index in [9.17, 15) is 0 Å². The van der Waals surface area contributed by atoms with E-state index in [0.717, 1.165) is 6.54 Å². The summed E-state index contributed by atoms with van der Waals surface area (Å²) in [5.74, 6) is 0. The maximum absolute atomic E-state index is 4.10. The van der Waals surface area contributed by atoms with Crippen LogP contribution in [0.3, 0.4) is 0 Å². The van der Waals surface area contributed by atoms with E-state index in [1.54, 1.807) is 0 Å². The second kappa shape index (κ2) is 6.62. The van der Waals surface area contributed by atoms with Gasteiger partial charge in [0, 0.05) is 6.54 Å². The molecule has 1 heteroatoms. The Bertz CT molecular complexity index is 255. The van der Waals surface area contributed by atoms with E-state index in [0.29, 0.717) is 0 Å². The zero-order chi connectivity index (χ0) is 11.1. The molecule has 1 rings (SSSR count). The molecule has 1 heterocycles. The highest BCUT2D eigenvalue weighted by molar-refractivity contribution is 5.25. The Morgan fingerprint density at radius 1 is 1.20 bits per heavy atom. The molecule has 0 aliphatic carbocycles. The molecule has 1 nitrogen and oxygen atoms in total. The third-order valence-electron chi connectivity index (χ3n) is 2.91. The van der Waals surface area contributed by atoms with Crippen LogP contribution in [0.15, 0.2) is 36.0 Å². The molecule has 0 aromatic rings. The van der Waals surface area contributed by atoms with E-state index in [4.69, 9.17) is 0 Å². The summed E-state index contributed by atoms with van der Waals surface area (Å²) in [6.07, 6.45) is 10.5. The number of allylic oxidation sites excluding steroid dienone is 3.